The molecule has 39 heavy (non-hydrogen) atoms. The minimum Gasteiger partial charge on any atom is -0.365 e. The predicted molar refractivity (Wildman–Crippen MR) is 156 cm³/mol. The van der Waals surface area contributed by atoms with Gasteiger partial charge in [0, 0.05) is 49.0 Å². The summed E-state index contributed by atoms with van der Waals surface area (Å²) in [6, 6.07) is 30.7. The van der Waals surface area contributed by atoms with Gasteiger partial charge in [-0.2, -0.15) is 0 Å². The second-order valence-corrected chi connectivity index (χ2v) is 11.5. The Balaban J connectivity index is 1.41. The number of benzene rings is 3. The third-order valence-corrected chi connectivity index (χ3v) is 8.02. The van der Waals surface area contributed by atoms with E-state index < -0.39 is 10.0 Å². The van der Waals surface area contributed by atoms with Crippen molar-refractivity contribution < 1.29 is 8.42 Å². The monoisotopic (exact) mass is 535 g/mol. The molecule has 6 rings (SSSR count). The highest BCUT2D eigenvalue weighted by atomic mass is 32.2. The Bertz CT molecular complexity index is 1730. The van der Waals surface area contributed by atoms with E-state index in [9.17, 15) is 8.42 Å². The maximum Gasteiger partial charge on any atom is 0.239 e. The summed E-state index contributed by atoms with van der Waals surface area (Å²) < 4.78 is 24.0. The van der Waals surface area contributed by atoms with Gasteiger partial charge in [-0.3, -0.25) is 9.88 Å². The molecule has 1 unspecified atom stereocenters. The highest BCUT2D eigenvalue weighted by Crippen LogP contribution is 2.36. The maximum atomic E-state index is 12.0. The molecule has 0 bridgehead atoms. The van der Waals surface area contributed by atoms with E-state index in [0.29, 0.717) is 11.3 Å². The SMILES string of the molecule is NS(=O)(=O)c1cncc(-c2cc3cccc(-c4ccccc4)c3c(NC3CCN(Cc4ccccc4)C3)n2)c1. The summed E-state index contributed by atoms with van der Waals surface area (Å²) in [5.41, 5.74) is 4.72. The van der Waals surface area contributed by atoms with Crippen LogP contribution in [-0.2, 0) is 16.6 Å². The van der Waals surface area contributed by atoms with E-state index in [2.05, 4.69) is 63.7 Å². The van der Waals surface area contributed by atoms with Gasteiger partial charge in [0.05, 0.1) is 5.69 Å². The van der Waals surface area contributed by atoms with E-state index in [1.807, 2.05) is 36.4 Å². The fourth-order valence-electron chi connectivity index (χ4n) is 5.26. The molecule has 3 N–H and O–H groups in total. The molecular weight excluding hydrogens is 506 g/mol. The first kappa shape index (κ1) is 25.2. The standard InChI is InChI=1S/C31H29N5O2S/c32-39(37,38)27-16-25(18-33-19-27)29-17-24-12-7-13-28(23-10-5-2-6-11-23)30(24)31(35-29)34-26-14-15-36(21-26)20-22-8-3-1-4-9-22/h1-13,16-19,26H,14-15,20-21H2,(H,34,35)(H2,32,37,38). The molecule has 1 atom stereocenters. The van der Waals surface area contributed by atoms with E-state index in [1.165, 1.54) is 17.8 Å². The summed E-state index contributed by atoms with van der Waals surface area (Å²) in [6.07, 6.45) is 3.87. The molecular formula is C31H29N5O2S. The average Bonchev–Trinajstić information content (AvgIpc) is 3.39. The van der Waals surface area contributed by atoms with Gasteiger partial charge in [-0.15, -0.1) is 0 Å². The smallest absolute Gasteiger partial charge is 0.239 e. The number of sulfonamides is 1. The maximum absolute atomic E-state index is 12.0. The molecule has 3 heterocycles. The Labute approximate surface area is 228 Å². The minimum absolute atomic E-state index is 0.0400. The summed E-state index contributed by atoms with van der Waals surface area (Å²) in [7, 11) is -3.89. The summed E-state index contributed by atoms with van der Waals surface area (Å²) >= 11 is 0. The van der Waals surface area contributed by atoms with Gasteiger partial charge in [-0.05, 0) is 40.6 Å². The highest BCUT2D eigenvalue weighted by Gasteiger charge is 2.24. The summed E-state index contributed by atoms with van der Waals surface area (Å²) in [5, 5.41) is 11.2. The van der Waals surface area contributed by atoms with Gasteiger partial charge in [0.2, 0.25) is 10.0 Å². The lowest BCUT2D eigenvalue weighted by Crippen LogP contribution is -2.26. The van der Waals surface area contributed by atoms with Crippen molar-refractivity contribution in [3.05, 3.63) is 109 Å². The van der Waals surface area contributed by atoms with Crippen LogP contribution in [0.3, 0.4) is 0 Å². The number of nitrogens with two attached hydrogens (primary N) is 1. The molecule has 7 nitrogen and oxygen atoms in total. The van der Waals surface area contributed by atoms with Gasteiger partial charge in [-0.25, -0.2) is 18.5 Å². The van der Waals surface area contributed by atoms with Crippen molar-refractivity contribution in [2.45, 2.75) is 23.9 Å². The first-order valence-electron chi connectivity index (χ1n) is 12.9. The first-order valence-corrected chi connectivity index (χ1v) is 14.5. The zero-order chi connectivity index (χ0) is 26.8. The fraction of sp³-hybridized carbons (Fsp3) is 0.161. The van der Waals surface area contributed by atoms with E-state index in [-0.39, 0.29) is 10.9 Å². The zero-order valence-corrected chi connectivity index (χ0v) is 22.2. The quantitative estimate of drug-likeness (QED) is 0.293. The Kier molecular flexibility index (Phi) is 6.83. The molecule has 1 aliphatic heterocycles. The molecule has 1 saturated heterocycles. The van der Waals surface area contributed by atoms with Crippen molar-refractivity contribution in [1.29, 1.82) is 0 Å². The lowest BCUT2D eigenvalue weighted by atomic mass is 9.97. The largest absolute Gasteiger partial charge is 0.365 e. The molecule has 1 aliphatic rings. The predicted octanol–water partition coefficient (Wildman–Crippen LogP) is 5.30. The fourth-order valence-corrected chi connectivity index (χ4v) is 5.76. The Morgan fingerprint density at radius 3 is 2.44 bits per heavy atom. The first-order chi connectivity index (χ1) is 18.9. The van der Waals surface area contributed by atoms with Crippen molar-refractivity contribution in [3.8, 4) is 22.4 Å². The number of primary sulfonamides is 1. The van der Waals surface area contributed by atoms with Crippen LogP contribution in [0, 0.1) is 0 Å². The zero-order valence-electron chi connectivity index (χ0n) is 21.4. The van der Waals surface area contributed by atoms with Gasteiger partial charge < -0.3 is 5.32 Å². The number of hydrogen-bond acceptors (Lipinski definition) is 6. The number of rotatable bonds is 7. The third-order valence-electron chi connectivity index (χ3n) is 7.14. The van der Waals surface area contributed by atoms with Crippen LogP contribution in [-0.4, -0.2) is 42.4 Å². The summed E-state index contributed by atoms with van der Waals surface area (Å²) in [4.78, 5) is 11.6. The number of pyridine rings is 2. The van der Waals surface area contributed by atoms with Gasteiger partial charge >= 0.3 is 0 Å². The van der Waals surface area contributed by atoms with Crippen LogP contribution in [0.15, 0.2) is 108 Å². The van der Waals surface area contributed by atoms with Gasteiger partial charge in [-0.1, -0.05) is 78.9 Å². The van der Waals surface area contributed by atoms with E-state index in [1.54, 1.807) is 6.20 Å². The van der Waals surface area contributed by atoms with Crippen LogP contribution in [0.5, 0.6) is 0 Å². The van der Waals surface area contributed by atoms with Crippen LogP contribution in [0.25, 0.3) is 33.2 Å². The van der Waals surface area contributed by atoms with Crippen LogP contribution < -0.4 is 10.5 Å². The van der Waals surface area contributed by atoms with Crippen LogP contribution in [0.4, 0.5) is 5.82 Å². The number of nitrogens with zero attached hydrogens (tertiary/aromatic N) is 3. The number of nitrogens with one attached hydrogen (secondary N) is 1. The third kappa shape index (κ3) is 5.54. The topological polar surface area (TPSA) is 101 Å². The molecule has 0 amide bonds. The summed E-state index contributed by atoms with van der Waals surface area (Å²) in [5.74, 6) is 0.773. The molecule has 2 aromatic heterocycles. The molecule has 0 radical (unpaired) electrons. The van der Waals surface area contributed by atoms with Crippen molar-refractivity contribution in [2.75, 3.05) is 18.4 Å². The van der Waals surface area contributed by atoms with Crippen molar-refractivity contribution in [1.82, 2.24) is 14.9 Å². The lowest BCUT2D eigenvalue weighted by Gasteiger charge is -2.20. The van der Waals surface area contributed by atoms with Crippen LogP contribution >= 0.6 is 0 Å². The number of likely N-dealkylation sites (tertiary alicyclic amines) is 1. The minimum atomic E-state index is -3.89. The molecule has 0 saturated carbocycles. The van der Waals surface area contributed by atoms with Crippen molar-refractivity contribution in [3.63, 3.8) is 0 Å². The number of aromatic nitrogens is 2. The van der Waals surface area contributed by atoms with Crippen LogP contribution in [0.1, 0.15) is 12.0 Å². The van der Waals surface area contributed by atoms with Crippen LogP contribution in [0.2, 0.25) is 0 Å². The second-order valence-electron chi connectivity index (χ2n) is 9.93. The van der Waals surface area contributed by atoms with Crippen molar-refractivity contribution >= 4 is 26.6 Å². The molecule has 196 valence electrons. The van der Waals surface area contributed by atoms with Crippen molar-refractivity contribution in [2.24, 2.45) is 5.14 Å². The van der Waals surface area contributed by atoms with E-state index in [4.69, 9.17) is 10.1 Å². The number of anilines is 1. The average molecular weight is 536 g/mol. The Morgan fingerprint density at radius 1 is 0.897 bits per heavy atom. The van der Waals surface area contributed by atoms with Gasteiger partial charge in [0.25, 0.3) is 0 Å². The Morgan fingerprint density at radius 2 is 1.67 bits per heavy atom. The molecule has 5 aromatic rings. The van der Waals surface area contributed by atoms with Gasteiger partial charge in [0.1, 0.15) is 10.7 Å². The number of fused-ring (bicyclic) bond motifs is 1. The van der Waals surface area contributed by atoms with E-state index in [0.717, 1.165) is 53.8 Å². The normalized spacial score (nSPS) is 16.0. The van der Waals surface area contributed by atoms with Gasteiger partial charge in [0.15, 0.2) is 0 Å². The lowest BCUT2D eigenvalue weighted by molar-refractivity contribution is 0.328. The second kappa shape index (κ2) is 10.6. The molecule has 1 fully saturated rings. The summed E-state index contributed by atoms with van der Waals surface area (Å²) in [6.45, 7) is 2.81. The molecule has 0 aliphatic carbocycles. The molecule has 0 spiro atoms. The van der Waals surface area contributed by atoms with E-state index >= 15 is 0 Å². The Hall–Kier alpha value is -4.11. The highest BCUT2D eigenvalue weighted by molar-refractivity contribution is 7.89. The number of hydrogen-bond donors (Lipinski definition) is 2. The molecule has 8 heteroatoms. The molecule has 3 aromatic carbocycles.